The van der Waals surface area contributed by atoms with Crippen molar-refractivity contribution < 1.29 is 29.3 Å². The van der Waals surface area contributed by atoms with Gasteiger partial charge >= 0.3 is 5.97 Å². The molecule has 188 valence electrons. The van der Waals surface area contributed by atoms with Gasteiger partial charge in [0.05, 0.1) is 27.9 Å². The van der Waals surface area contributed by atoms with Gasteiger partial charge in [-0.05, 0) is 30.5 Å². The van der Waals surface area contributed by atoms with Gasteiger partial charge in [-0.1, -0.05) is 47.5 Å². The first kappa shape index (κ1) is 27.0. The molecule has 1 amide bonds. The van der Waals surface area contributed by atoms with E-state index in [1.807, 2.05) is 31.2 Å². The predicted octanol–water partition coefficient (Wildman–Crippen LogP) is 4.60. The molecule has 4 N–H and O–H groups in total. The first-order chi connectivity index (χ1) is 16.8. The molecule has 1 aromatic carbocycles. The van der Waals surface area contributed by atoms with Crippen LogP contribution in [0.5, 0.6) is 0 Å². The summed E-state index contributed by atoms with van der Waals surface area (Å²) in [6.07, 6.45) is 0.483. The van der Waals surface area contributed by atoms with Gasteiger partial charge in [-0.2, -0.15) is 0 Å². The van der Waals surface area contributed by atoms with Crippen molar-refractivity contribution in [3.05, 3.63) is 67.8 Å². The maximum atomic E-state index is 13.1. The molecule has 4 rings (SSSR count). The van der Waals surface area contributed by atoms with Gasteiger partial charge in [0.1, 0.15) is 22.4 Å². The Kier molecular flexibility index (Phi) is 9.21. The van der Waals surface area contributed by atoms with Crippen molar-refractivity contribution in [2.24, 2.45) is 0 Å². The van der Waals surface area contributed by atoms with E-state index in [0.29, 0.717) is 33.6 Å². The molecule has 0 bridgehead atoms. The number of hydrogen-bond donors (Lipinski definition) is 4. The van der Waals surface area contributed by atoms with E-state index in [1.54, 1.807) is 6.07 Å². The molecule has 2 heterocycles. The SMILES string of the molecule is CCOC/C(OC)=C(/C(=O)O)[C@@H]1c2ccccc2CC1NC(=O)c1cc2sc(Cl)c(Cl)c2[nH]1.CO. The molecule has 2 atom stereocenters. The number of thiophene rings is 1. The Morgan fingerprint density at radius 2 is 1.97 bits per heavy atom. The number of methoxy groups -OCH3 is 1. The molecule has 2 aromatic heterocycles. The van der Waals surface area contributed by atoms with Gasteiger partial charge < -0.3 is 30.0 Å². The van der Waals surface area contributed by atoms with Crippen molar-refractivity contribution in [2.45, 2.75) is 25.3 Å². The second-order valence-electron chi connectivity index (χ2n) is 7.56. The Morgan fingerprint density at radius 3 is 2.60 bits per heavy atom. The minimum Gasteiger partial charge on any atom is -0.498 e. The third-order valence-electron chi connectivity index (χ3n) is 5.69. The minimum absolute atomic E-state index is 0.0279. The van der Waals surface area contributed by atoms with Crippen LogP contribution in [0.2, 0.25) is 9.36 Å². The van der Waals surface area contributed by atoms with Crippen molar-refractivity contribution in [1.29, 1.82) is 0 Å². The average Bonchev–Trinajstić information content (AvgIpc) is 3.50. The predicted molar refractivity (Wildman–Crippen MR) is 137 cm³/mol. The van der Waals surface area contributed by atoms with Crippen LogP contribution in [0.15, 0.2) is 41.7 Å². The summed E-state index contributed by atoms with van der Waals surface area (Å²) >= 11 is 13.5. The molecule has 0 saturated heterocycles. The van der Waals surface area contributed by atoms with Crippen molar-refractivity contribution in [1.82, 2.24) is 10.3 Å². The maximum absolute atomic E-state index is 13.1. The first-order valence-electron chi connectivity index (χ1n) is 10.7. The van der Waals surface area contributed by atoms with Gasteiger partial charge in [-0.3, -0.25) is 4.79 Å². The zero-order valence-electron chi connectivity index (χ0n) is 19.4. The number of halogens is 2. The number of carboxylic acid groups (broad SMARTS) is 1. The van der Waals surface area contributed by atoms with Crippen molar-refractivity contribution >= 4 is 56.6 Å². The van der Waals surface area contributed by atoms with Gasteiger partial charge in [0.2, 0.25) is 0 Å². The van der Waals surface area contributed by atoms with E-state index in [4.69, 9.17) is 37.8 Å². The lowest BCUT2D eigenvalue weighted by Gasteiger charge is -2.24. The standard InChI is InChI=1S/C23H22Cl2N2O5S.CH4O/c1-3-32-10-15(31-2)18(23(29)30)17-12-7-5-4-6-11(12)8-13(17)27-22(28)14-9-16-20(26-14)19(24)21(25)33-16;1-2/h4-7,9,13,17,26H,3,8,10H2,1-2H3,(H,27,28)(H,29,30);2H,1H3/b18-15-;/t13?,17-;/m1./s1. The lowest BCUT2D eigenvalue weighted by molar-refractivity contribution is -0.133. The number of rotatable bonds is 8. The number of carboxylic acids is 1. The number of aliphatic carboxylic acids is 1. The van der Waals surface area contributed by atoms with Gasteiger partial charge in [0, 0.05) is 25.7 Å². The average molecular weight is 541 g/mol. The Labute approximate surface area is 216 Å². The molecule has 1 unspecified atom stereocenters. The summed E-state index contributed by atoms with van der Waals surface area (Å²) in [5.41, 5.74) is 2.82. The van der Waals surface area contributed by atoms with E-state index < -0.39 is 17.9 Å². The van der Waals surface area contributed by atoms with Crippen molar-refractivity contribution in [3.8, 4) is 0 Å². The number of aromatic amines is 1. The zero-order chi connectivity index (χ0) is 25.7. The number of H-pyrrole nitrogens is 1. The first-order valence-corrected chi connectivity index (χ1v) is 12.3. The number of hydrogen-bond acceptors (Lipinski definition) is 6. The third kappa shape index (κ3) is 5.49. The molecule has 11 heteroatoms. The lowest BCUT2D eigenvalue weighted by Crippen LogP contribution is -2.40. The molecule has 8 nitrogen and oxygen atoms in total. The van der Waals surface area contributed by atoms with Crippen LogP contribution in [0.1, 0.15) is 34.5 Å². The van der Waals surface area contributed by atoms with Crippen LogP contribution in [-0.2, 0) is 20.7 Å². The molecular formula is C24H26Cl2N2O6S. The molecule has 3 aromatic rings. The van der Waals surface area contributed by atoms with E-state index in [-0.39, 0.29) is 23.8 Å². The largest absolute Gasteiger partial charge is 0.498 e. The second kappa shape index (κ2) is 11.9. The number of ether oxygens (including phenoxy) is 2. The summed E-state index contributed by atoms with van der Waals surface area (Å²) in [7, 11) is 2.42. The Balaban J connectivity index is 0.00000167. The highest BCUT2D eigenvalue weighted by Crippen LogP contribution is 2.41. The molecule has 0 fully saturated rings. The lowest BCUT2D eigenvalue weighted by atomic mass is 9.88. The molecule has 1 aliphatic rings. The molecule has 0 radical (unpaired) electrons. The minimum atomic E-state index is -1.12. The van der Waals surface area contributed by atoms with E-state index in [9.17, 15) is 14.7 Å². The van der Waals surface area contributed by atoms with E-state index in [0.717, 1.165) is 22.9 Å². The highest BCUT2D eigenvalue weighted by Gasteiger charge is 2.40. The summed E-state index contributed by atoms with van der Waals surface area (Å²) in [5.74, 6) is -1.85. The number of fused-ring (bicyclic) bond motifs is 2. The van der Waals surface area contributed by atoms with Gasteiger partial charge in [-0.15, -0.1) is 11.3 Å². The fourth-order valence-corrected chi connectivity index (χ4v) is 5.72. The Bertz CT molecular complexity index is 1250. The monoisotopic (exact) mass is 540 g/mol. The number of benzene rings is 1. The topological polar surface area (TPSA) is 121 Å². The third-order valence-corrected chi connectivity index (χ3v) is 7.62. The maximum Gasteiger partial charge on any atom is 0.335 e. The van der Waals surface area contributed by atoms with Crippen LogP contribution in [0.4, 0.5) is 0 Å². The summed E-state index contributed by atoms with van der Waals surface area (Å²) in [4.78, 5) is 28.5. The van der Waals surface area contributed by atoms with Gasteiger partial charge in [0.15, 0.2) is 0 Å². The number of aliphatic hydroxyl groups is 1. The normalized spacial score (nSPS) is 17.3. The van der Waals surface area contributed by atoms with Crippen LogP contribution in [0, 0.1) is 0 Å². The van der Waals surface area contributed by atoms with Crippen molar-refractivity contribution in [2.75, 3.05) is 27.4 Å². The van der Waals surface area contributed by atoms with Crippen LogP contribution in [-0.4, -0.2) is 60.5 Å². The van der Waals surface area contributed by atoms with Crippen LogP contribution in [0.3, 0.4) is 0 Å². The van der Waals surface area contributed by atoms with Crippen LogP contribution < -0.4 is 5.32 Å². The number of aliphatic hydroxyl groups excluding tert-OH is 1. The quantitative estimate of drug-likeness (QED) is 0.244. The molecular weight excluding hydrogens is 515 g/mol. The Hall–Kier alpha value is -2.56. The van der Waals surface area contributed by atoms with Gasteiger partial charge in [-0.25, -0.2) is 4.79 Å². The summed E-state index contributed by atoms with van der Waals surface area (Å²) < 4.78 is 12.1. The second-order valence-corrected chi connectivity index (χ2v) is 9.59. The fourth-order valence-electron chi connectivity index (χ4n) is 4.24. The van der Waals surface area contributed by atoms with Crippen LogP contribution in [0.25, 0.3) is 10.2 Å². The molecule has 0 saturated carbocycles. The van der Waals surface area contributed by atoms with E-state index in [1.165, 1.54) is 18.4 Å². The van der Waals surface area contributed by atoms with Gasteiger partial charge in [0.25, 0.3) is 5.91 Å². The number of nitrogens with one attached hydrogen (secondary N) is 2. The number of amides is 1. The van der Waals surface area contributed by atoms with Crippen LogP contribution >= 0.6 is 34.5 Å². The summed E-state index contributed by atoms with van der Waals surface area (Å²) in [6, 6.07) is 8.77. The summed E-state index contributed by atoms with van der Waals surface area (Å²) in [5, 5.41) is 20.5. The highest BCUT2D eigenvalue weighted by atomic mass is 35.5. The summed E-state index contributed by atoms with van der Waals surface area (Å²) in [6.45, 7) is 2.26. The highest BCUT2D eigenvalue weighted by molar-refractivity contribution is 7.23. The number of carbonyl (C=O) groups excluding carboxylic acids is 1. The molecule has 35 heavy (non-hydrogen) atoms. The number of aromatic nitrogens is 1. The van der Waals surface area contributed by atoms with Crippen molar-refractivity contribution in [3.63, 3.8) is 0 Å². The molecule has 0 aliphatic heterocycles. The molecule has 1 aliphatic carbocycles. The zero-order valence-corrected chi connectivity index (χ0v) is 21.7. The smallest absolute Gasteiger partial charge is 0.335 e. The number of carbonyl (C=O) groups is 2. The van der Waals surface area contributed by atoms with E-state index >= 15 is 0 Å². The Morgan fingerprint density at radius 1 is 1.26 bits per heavy atom. The fraction of sp³-hybridized carbons (Fsp3) is 0.333. The van der Waals surface area contributed by atoms with E-state index in [2.05, 4.69) is 10.3 Å². The molecule has 0 spiro atoms.